The Labute approximate surface area is 192 Å². The molecule has 1 aliphatic rings. The van der Waals surface area contributed by atoms with E-state index >= 15 is 0 Å². The molecule has 1 atom stereocenters. The predicted octanol–water partition coefficient (Wildman–Crippen LogP) is 3.38. The van der Waals surface area contributed by atoms with E-state index in [1.807, 2.05) is 33.1 Å². The molecule has 2 aromatic rings. The molecule has 0 saturated carbocycles. The summed E-state index contributed by atoms with van der Waals surface area (Å²) in [5.74, 6) is 1.92. The highest BCUT2D eigenvalue weighted by atomic mass is 32.2. The maximum atomic E-state index is 12.9. The van der Waals surface area contributed by atoms with Crippen LogP contribution in [0.5, 0.6) is 11.5 Å². The minimum absolute atomic E-state index is 0.107. The van der Waals surface area contributed by atoms with Crippen molar-refractivity contribution in [2.24, 2.45) is 0 Å². The molecular formula is C24H33NO6S. The van der Waals surface area contributed by atoms with E-state index in [4.69, 9.17) is 13.9 Å². The maximum Gasteiger partial charge on any atom is 0.339 e. The van der Waals surface area contributed by atoms with Gasteiger partial charge in [-0.3, -0.25) is 4.79 Å². The Morgan fingerprint density at radius 1 is 1.41 bits per heavy atom. The minimum atomic E-state index is -0.441. The number of methoxy groups -OCH3 is 1. The van der Waals surface area contributed by atoms with Crippen molar-refractivity contribution in [3.8, 4) is 11.5 Å². The van der Waals surface area contributed by atoms with Crippen LogP contribution in [-0.2, 0) is 17.6 Å². The Hall–Kier alpha value is -2.19. The normalized spacial score (nSPS) is 15.7. The van der Waals surface area contributed by atoms with Crippen LogP contribution < -0.4 is 20.4 Å². The van der Waals surface area contributed by atoms with Gasteiger partial charge in [-0.1, -0.05) is 0 Å². The molecule has 7 nitrogen and oxygen atoms in total. The number of rotatable bonds is 9. The van der Waals surface area contributed by atoms with Crippen LogP contribution in [0.4, 0.5) is 0 Å². The number of aliphatic hydroxyl groups is 1. The zero-order chi connectivity index (χ0) is 23.5. The number of hydrogen-bond donors (Lipinski definition) is 2. The first-order valence-corrected chi connectivity index (χ1v) is 12.3. The molecule has 1 amide bonds. The highest BCUT2D eigenvalue weighted by molar-refractivity contribution is 7.98. The molecule has 2 N–H and O–H groups in total. The standard InChI is InChI=1S/C24H33NO6S/c1-14-16(6-7-20(27)25-15(13-26)9-11-32-5)23(28)30-22-17-8-10-24(2,3)31-18(17)12-19(29-4)21(14)22/h12,15,26H,6-11,13H2,1-5H3,(H,25,27)/t15-/m0/s1. The van der Waals surface area contributed by atoms with Gasteiger partial charge < -0.3 is 24.3 Å². The Morgan fingerprint density at radius 3 is 2.81 bits per heavy atom. The summed E-state index contributed by atoms with van der Waals surface area (Å²) in [6, 6.07) is 1.58. The molecule has 2 heterocycles. The first kappa shape index (κ1) is 24.5. The number of thioether (sulfide) groups is 1. The quantitative estimate of drug-likeness (QED) is 0.550. The molecule has 176 valence electrons. The van der Waals surface area contributed by atoms with Gasteiger partial charge >= 0.3 is 5.63 Å². The van der Waals surface area contributed by atoms with Gasteiger partial charge in [-0.15, -0.1) is 0 Å². The third-order valence-electron chi connectivity index (χ3n) is 6.02. The number of carbonyl (C=O) groups excluding carboxylic acids is 1. The Morgan fingerprint density at radius 2 is 2.16 bits per heavy atom. The molecule has 1 aromatic heterocycles. The molecule has 1 aromatic carbocycles. The van der Waals surface area contributed by atoms with E-state index in [1.165, 1.54) is 0 Å². The topological polar surface area (TPSA) is 98.0 Å². The van der Waals surface area contributed by atoms with Crippen LogP contribution in [0.2, 0.25) is 0 Å². The molecule has 3 rings (SSSR count). The van der Waals surface area contributed by atoms with E-state index in [-0.39, 0.29) is 37.0 Å². The van der Waals surface area contributed by atoms with E-state index in [9.17, 15) is 14.7 Å². The van der Waals surface area contributed by atoms with Crippen molar-refractivity contribution in [3.63, 3.8) is 0 Å². The van der Waals surface area contributed by atoms with E-state index in [2.05, 4.69) is 5.32 Å². The monoisotopic (exact) mass is 463 g/mol. The second-order valence-electron chi connectivity index (χ2n) is 8.84. The number of aliphatic hydroxyl groups excluding tert-OH is 1. The second-order valence-corrected chi connectivity index (χ2v) is 9.83. The lowest BCUT2D eigenvalue weighted by atomic mass is 9.91. The van der Waals surface area contributed by atoms with Gasteiger partial charge in [0.15, 0.2) is 0 Å². The summed E-state index contributed by atoms with van der Waals surface area (Å²) in [4.78, 5) is 25.3. The van der Waals surface area contributed by atoms with E-state index in [1.54, 1.807) is 18.9 Å². The van der Waals surface area contributed by atoms with Crippen LogP contribution in [0.1, 0.15) is 49.8 Å². The summed E-state index contributed by atoms with van der Waals surface area (Å²) >= 11 is 1.66. The zero-order valence-electron chi connectivity index (χ0n) is 19.5. The van der Waals surface area contributed by atoms with Gasteiger partial charge in [-0.05, 0) is 64.0 Å². The lowest BCUT2D eigenvalue weighted by Crippen LogP contribution is -2.38. The predicted molar refractivity (Wildman–Crippen MR) is 127 cm³/mol. The fraction of sp³-hybridized carbons (Fsp3) is 0.583. The number of benzene rings is 1. The summed E-state index contributed by atoms with van der Waals surface area (Å²) in [5, 5.41) is 13.1. The average molecular weight is 464 g/mol. The third-order valence-corrected chi connectivity index (χ3v) is 6.66. The molecule has 32 heavy (non-hydrogen) atoms. The number of carbonyl (C=O) groups is 1. The van der Waals surface area contributed by atoms with E-state index in [0.717, 1.165) is 35.1 Å². The molecule has 0 spiro atoms. The molecule has 0 fully saturated rings. The average Bonchev–Trinajstić information content (AvgIpc) is 2.74. The number of aryl methyl sites for hydroxylation is 2. The van der Waals surface area contributed by atoms with Crippen molar-refractivity contribution < 1.29 is 23.8 Å². The van der Waals surface area contributed by atoms with Gasteiger partial charge in [-0.2, -0.15) is 11.8 Å². The summed E-state index contributed by atoms with van der Waals surface area (Å²) in [5.41, 5.74) is 1.87. The second kappa shape index (κ2) is 10.2. The van der Waals surface area contributed by atoms with Crippen LogP contribution in [-0.4, -0.2) is 48.4 Å². The first-order chi connectivity index (χ1) is 15.2. The van der Waals surface area contributed by atoms with Crippen LogP contribution in [0, 0.1) is 6.92 Å². The van der Waals surface area contributed by atoms with Gasteiger partial charge in [0.1, 0.15) is 22.7 Å². The van der Waals surface area contributed by atoms with Crippen molar-refractivity contribution in [2.75, 3.05) is 25.7 Å². The fourth-order valence-electron chi connectivity index (χ4n) is 4.14. The summed E-state index contributed by atoms with van der Waals surface area (Å²) in [6.07, 6.45) is 4.62. The lowest BCUT2D eigenvalue weighted by molar-refractivity contribution is -0.122. The van der Waals surface area contributed by atoms with Gasteiger partial charge in [0.2, 0.25) is 5.91 Å². The Bertz CT molecular complexity index is 1050. The van der Waals surface area contributed by atoms with Crippen LogP contribution in [0.15, 0.2) is 15.3 Å². The highest BCUT2D eigenvalue weighted by Gasteiger charge is 2.31. The van der Waals surface area contributed by atoms with Crippen molar-refractivity contribution >= 4 is 28.6 Å². The van der Waals surface area contributed by atoms with Crippen molar-refractivity contribution in [1.29, 1.82) is 0 Å². The number of hydrogen-bond acceptors (Lipinski definition) is 7. The third kappa shape index (κ3) is 5.23. The Kier molecular flexibility index (Phi) is 7.77. The van der Waals surface area contributed by atoms with E-state index < -0.39 is 5.63 Å². The molecule has 0 aliphatic carbocycles. The van der Waals surface area contributed by atoms with Gasteiger partial charge in [-0.25, -0.2) is 4.79 Å². The number of ether oxygens (including phenoxy) is 2. The van der Waals surface area contributed by atoms with Crippen molar-refractivity contribution in [2.45, 2.75) is 64.5 Å². The summed E-state index contributed by atoms with van der Waals surface area (Å²) < 4.78 is 17.5. The van der Waals surface area contributed by atoms with Crippen LogP contribution in [0.25, 0.3) is 11.0 Å². The summed E-state index contributed by atoms with van der Waals surface area (Å²) in [6.45, 7) is 5.82. The molecule has 0 saturated heterocycles. The van der Waals surface area contributed by atoms with E-state index in [0.29, 0.717) is 29.1 Å². The molecule has 0 radical (unpaired) electrons. The number of amides is 1. The SMILES string of the molecule is COc1cc2c(c3oc(=O)c(CCC(=O)N[C@H](CO)CCSC)c(C)c13)CCC(C)(C)O2. The smallest absolute Gasteiger partial charge is 0.339 e. The largest absolute Gasteiger partial charge is 0.496 e. The van der Waals surface area contributed by atoms with Crippen molar-refractivity contribution in [1.82, 2.24) is 5.32 Å². The first-order valence-electron chi connectivity index (χ1n) is 10.9. The van der Waals surface area contributed by atoms with Crippen LogP contribution >= 0.6 is 11.8 Å². The Balaban J connectivity index is 1.90. The maximum absolute atomic E-state index is 12.9. The van der Waals surface area contributed by atoms with Crippen molar-refractivity contribution in [3.05, 3.63) is 33.2 Å². The molecular weight excluding hydrogens is 430 g/mol. The molecule has 8 heteroatoms. The zero-order valence-corrected chi connectivity index (χ0v) is 20.3. The lowest BCUT2D eigenvalue weighted by Gasteiger charge is -2.33. The number of fused-ring (bicyclic) bond motifs is 3. The van der Waals surface area contributed by atoms with Gasteiger partial charge in [0.05, 0.1) is 25.1 Å². The molecule has 0 bridgehead atoms. The minimum Gasteiger partial charge on any atom is -0.496 e. The number of nitrogens with one attached hydrogen (secondary N) is 1. The molecule has 0 unspecified atom stereocenters. The van der Waals surface area contributed by atoms with Crippen LogP contribution in [0.3, 0.4) is 0 Å². The summed E-state index contributed by atoms with van der Waals surface area (Å²) in [7, 11) is 1.58. The molecule has 1 aliphatic heterocycles. The van der Waals surface area contributed by atoms with Gasteiger partial charge in [0.25, 0.3) is 0 Å². The highest BCUT2D eigenvalue weighted by Crippen LogP contribution is 2.43. The fourth-order valence-corrected chi connectivity index (χ4v) is 4.66. The van der Waals surface area contributed by atoms with Gasteiger partial charge in [0, 0.05) is 23.6 Å².